The molecule has 3 rings (SSSR count). The van der Waals surface area contributed by atoms with Gasteiger partial charge in [-0.2, -0.15) is 0 Å². The fourth-order valence-corrected chi connectivity index (χ4v) is 3.29. The minimum absolute atomic E-state index is 0.570. The van der Waals surface area contributed by atoms with Crippen molar-refractivity contribution in [2.24, 2.45) is 0 Å². The van der Waals surface area contributed by atoms with Crippen molar-refractivity contribution in [3.05, 3.63) is 23.2 Å². The van der Waals surface area contributed by atoms with E-state index in [1.54, 1.807) is 29.2 Å². The predicted molar refractivity (Wildman–Crippen MR) is 67.2 cm³/mol. The number of nitrogens with two attached hydrogens (primary N) is 1. The number of nitrogens with zero attached hydrogens (tertiary/aromatic N) is 3. The fourth-order valence-electron chi connectivity index (χ4n) is 1.42. The van der Waals surface area contributed by atoms with Gasteiger partial charge >= 0.3 is 0 Å². The van der Waals surface area contributed by atoms with E-state index in [0.29, 0.717) is 16.7 Å². The third-order valence-corrected chi connectivity index (χ3v) is 4.31. The Balaban J connectivity index is 2.06. The van der Waals surface area contributed by atoms with Crippen LogP contribution >= 0.6 is 23.1 Å². The number of fused-ring (bicyclic) bond motifs is 1. The molecule has 3 aromatic rings. The first kappa shape index (κ1) is 10.5. The third kappa shape index (κ3) is 1.87. The van der Waals surface area contributed by atoms with Crippen molar-refractivity contribution in [2.45, 2.75) is 16.2 Å². The molecular weight excluding hydrogens is 256 g/mol. The molecule has 0 saturated heterocycles. The first-order valence-electron chi connectivity index (χ1n) is 4.85. The van der Waals surface area contributed by atoms with E-state index in [4.69, 9.17) is 10.4 Å². The number of nitrogen functional groups attached to an aromatic ring is 1. The van der Waals surface area contributed by atoms with Crippen molar-refractivity contribution in [1.82, 2.24) is 15.3 Å². The average Bonchev–Trinajstić information content (AvgIpc) is 2.92. The van der Waals surface area contributed by atoms with Gasteiger partial charge in [0.15, 0.2) is 15.4 Å². The van der Waals surface area contributed by atoms with E-state index in [1.807, 2.05) is 18.4 Å². The zero-order valence-electron chi connectivity index (χ0n) is 8.88. The lowest BCUT2D eigenvalue weighted by Gasteiger charge is -1.99. The van der Waals surface area contributed by atoms with E-state index >= 15 is 0 Å². The van der Waals surface area contributed by atoms with Crippen LogP contribution in [0.5, 0.6) is 0 Å². The maximum absolute atomic E-state index is 5.78. The molecule has 2 N–H and O–H groups in total. The second kappa shape index (κ2) is 4.01. The van der Waals surface area contributed by atoms with Gasteiger partial charge in [-0.05, 0) is 29.4 Å². The van der Waals surface area contributed by atoms with Gasteiger partial charge < -0.3 is 5.73 Å². The topological polar surface area (TPSA) is 77.8 Å². The standard InChI is InChI=1S/C10H8N4OS2/c1-5-4-16-10(12-5)17-7-3-2-6(11)8-9(7)14-15-13-8/h2-4H,11H2,1H3. The largest absolute Gasteiger partial charge is 0.397 e. The molecule has 2 heterocycles. The molecule has 0 aliphatic rings. The number of rotatable bonds is 2. The van der Waals surface area contributed by atoms with E-state index in [-0.39, 0.29) is 0 Å². The molecule has 0 aliphatic heterocycles. The van der Waals surface area contributed by atoms with Crippen LogP contribution in [-0.4, -0.2) is 15.3 Å². The molecule has 5 nitrogen and oxygen atoms in total. The molecular formula is C10H8N4OS2. The Morgan fingerprint density at radius 1 is 1.29 bits per heavy atom. The first-order valence-corrected chi connectivity index (χ1v) is 6.54. The highest BCUT2D eigenvalue weighted by molar-refractivity contribution is 8.01. The minimum Gasteiger partial charge on any atom is -0.397 e. The SMILES string of the molecule is Cc1csc(Sc2ccc(N)c3nonc23)n1. The molecule has 0 aliphatic carbocycles. The molecule has 0 saturated carbocycles. The fraction of sp³-hybridized carbons (Fsp3) is 0.100. The lowest BCUT2D eigenvalue weighted by Crippen LogP contribution is -1.87. The second-order valence-corrected chi connectivity index (χ2v) is 5.62. The summed E-state index contributed by atoms with van der Waals surface area (Å²) in [7, 11) is 0. The Hall–Kier alpha value is -1.60. The van der Waals surface area contributed by atoms with Gasteiger partial charge in [-0.25, -0.2) is 9.61 Å². The summed E-state index contributed by atoms with van der Waals surface area (Å²) in [5.74, 6) is 0. The van der Waals surface area contributed by atoms with E-state index in [9.17, 15) is 0 Å². The first-order chi connectivity index (χ1) is 8.24. The van der Waals surface area contributed by atoms with E-state index in [2.05, 4.69) is 15.3 Å². The average molecular weight is 264 g/mol. The molecule has 0 fully saturated rings. The van der Waals surface area contributed by atoms with Gasteiger partial charge in [-0.15, -0.1) is 11.3 Å². The predicted octanol–water partition coefficient (Wildman–Crippen LogP) is 2.72. The molecule has 7 heteroatoms. The van der Waals surface area contributed by atoms with Gasteiger partial charge in [0, 0.05) is 16.0 Å². The van der Waals surface area contributed by atoms with Crippen LogP contribution in [0.1, 0.15) is 5.69 Å². The molecule has 0 atom stereocenters. The number of hydrogen-bond acceptors (Lipinski definition) is 7. The third-order valence-electron chi connectivity index (χ3n) is 2.20. The van der Waals surface area contributed by atoms with Crippen molar-refractivity contribution < 1.29 is 4.63 Å². The Labute approximate surface area is 105 Å². The van der Waals surface area contributed by atoms with Gasteiger partial charge in [0.2, 0.25) is 0 Å². The summed E-state index contributed by atoms with van der Waals surface area (Å²) in [4.78, 5) is 5.34. The molecule has 17 heavy (non-hydrogen) atoms. The zero-order chi connectivity index (χ0) is 11.8. The van der Waals surface area contributed by atoms with E-state index < -0.39 is 0 Å². The zero-order valence-corrected chi connectivity index (χ0v) is 10.5. The summed E-state index contributed by atoms with van der Waals surface area (Å²) in [6, 6.07) is 3.71. The molecule has 0 bridgehead atoms. The van der Waals surface area contributed by atoms with E-state index in [1.165, 1.54) is 0 Å². The Kier molecular flexibility index (Phi) is 2.49. The minimum atomic E-state index is 0.570. The van der Waals surface area contributed by atoms with Crippen molar-refractivity contribution in [3.63, 3.8) is 0 Å². The van der Waals surface area contributed by atoms with Gasteiger partial charge in [-0.3, -0.25) is 0 Å². The lowest BCUT2D eigenvalue weighted by molar-refractivity contribution is 0.315. The van der Waals surface area contributed by atoms with Gasteiger partial charge in [0.1, 0.15) is 0 Å². The highest BCUT2D eigenvalue weighted by atomic mass is 32.2. The van der Waals surface area contributed by atoms with Crippen molar-refractivity contribution in [2.75, 3.05) is 5.73 Å². The maximum Gasteiger partial charge on any atom is 0.159 e. The number of benzene rings is 1. The van der Waals surface area contributed by atoms with Gasteiger partial charge in [0.05, 0.1) is 5.69 Å². The summed E-state index contributed by atoms with van der Waals surface area (Å²) in [5.41, 5.74) is 8.65. The van der Waals surface area contributed by atoms with Crippen LogP contribution in [-0.2, 0) is 0 Å². The van der Waals surface area contributed by atoms with Crippen LogP contribution in [0, 0.1) is 6.92 Å². The summed E-state index contributed by atoms with van der Waals surface area (Å²) in [6.07, 6.45) is 0. The number of hydrogen-bond donors (Lipinski definition) is 1. The van der Waals surface area contributed by atoms with Crippen LogP contribution in [0.25, 0.3) is 11.0 Å². The monoisotopic (exact) mass is 264 g/mol. The maximum atomic E-state index is 5.78. The van der Waals surface area contributed by atoms with Gasteiger partial charge in [-0.1, -0.05) is 11.8 Å². The number of thiazole rings is 1. The quantitative estimate of drug-likeness (QED) is 0.717. The van der Waals surface area contributed by atoms with Crippen LogP contribution in [0.4, 0.5) is 5.69 Å². The molecule has 0 spiro atoms. The summed E-state index contributed by atoms with van der Waals surface area (Å²) >= 11 is 3.14. The van der Waals surface area contributed by atoms with Crippen molar-refractivity contribution in [3.8, 4) is 0 Å². The van der Waals surface area contributed by atoms with E-state index in [0.717, 1.165) is 14.9 Å². The highest BCUT2D eigenvalue weighted by Gasteiger charge is 2.12. The summed E-state index contributed by atoms with van der Waals surface area (Å²) in [6.45, 7) is 1.97. The number of aromatic nitrogens is 3. The molecule has 2 aromatic heterocycles. The lowest BCUT2D eigenvalue weighted by atomic mass is 10.3. The normalized spacial score (nSPS) is 11.1. The van der Waals surface area contributed by atoms with Crippen LogP contribution in [0.15, 0.2) is 31.4 Å². The Bertz CT molecular complexity index is 676. The molecule has 86 valence electrons. The van der Waals surface area contributed by atoms with Crippen molar-refractivity contribution in [1.29, 1.82) is 0 Å². The Morgan fingerprint density at radius 3 is 2.88 bits per heavy atom. The van der Waals surface area contributed by atoms with Crippen molar-refractivity contribution >= 4 is 39.8 Å². The van der Waals surface area contributed by atoms with Crippen LogP contribution in [0.3, 0.4) is 0 Å². The number of aryl methyl sites for hydroxylation is 1. The molecule has 0 radical (unpaired) electrons. The van der Waals surface area contributed by atoms with Crippen LogP contribution < -0.4 is 5.73 Å². The number of anilines is 1. The Morgan fingerprint density at radius 2 is 2.12 bits per heavy atom. The molecule has 0 amide bonds. The summed E-state index contributed by atoms with van der Waals surface area (Å²) < 4.78 is 5.69. The smallest absolute Gasteiger partial charge is 0.159 e. The molecule has 0 unspecified atom stereocenters. The van der Waals surface area contributed by atoms with Crippen LogP contribution in [0.2, 0.25) is 0 Å². The highest BCUT2D eigenvalue weighted by Crippen LogP contribution is 2.35. The van der Waals surface area contributed by atoms with Gasteiger partial charge in [0.25, 0.3) is 0 Å². The second-order valence-electron chi connectivity index (χ2n) is 3.47. The summed E-state index contributed by atoms with van der Waals surface area (Å²) in [5, 5.41) is 9.67. The molecule has 1 aromatic carbocycles.